The Labute approximate surface area is 187 Å². The van der Waals surface area contributed by atoms with Gasteiger partial charge in [0.15, 0.2) is 0 Å². The molecular weight excluding hydrogens is 410 g/mol. The maximum atomic E-state index is 12.8. The first-order valence-corrected chi connectivity index (χ1v) is 11.1. The zero-order valence-electron chi connectivity index (χ0n) is 18.3. The number of nitrogens with zero attached hydrogens (tertiary/aromatic N) is 4. The van der Waals surface area contributed by atoms with E-state index < -0.39 is 0 Å². The molecule has 9 nitrogen and oxygen atoms in total. The number of anilines is 1. The molecule has 9 heteroatoms. The van der Waals surface area contributed by atoms with Crippen molar-refractivity contribution in [3.05, 3.63) is 42.9 Å². The molecule has 2 aromatic rings. The number of carbonyl (C=O) groups excluding carboxylic acids is 2. The van der Waals surface area contributed by atoms with Crippen molar-refractivity contribution in [3.8, 4) is 11.6 Å². The maximum Gasteiger partial charge on any atom is 0.325 e. The van der Waals surface area contributed by atoms with Gasteiger partial charge in [-0.25, -0.2) is 9.78 Å². The molecule has 1 saturated carbocycles. The monoisotopic (exact) mass is 439 g/mol. The van der Waals surface area contributed by atoms with Crippen molar-refractivity contribution < 1.29 is 19.1 Å². The van der Waals surface area contributed by atoms with Crippen LogP contribution >= 0.6 is 0 Å². The van der Waals surface area contributed by atoms with Crippen LogP contribution in [0.4, 0.5) is 10.5 Å². The normalized spacial score (nSPS) is 20.8. The minimum Gasteiger partial charge on any atom is -0.494 e. The topological polar surface area (TPSA) is 96.9 Å². The zero-order chi connectivity index (χ0) is 22.3. The third-order valence-electron chi connectivity index (χ3n) is 5.76. The summed E-state index contributed by atoms with van der Waals surface area (Å²) in [6.07, 6.45) is 8.27. The van der Waals surface area contributed by atoms with Crippen LogP contribution in [0.25, 0.3) is 0 Å². The Kier molecular flexibility index (Phi) is 7.03. The molecular formula is C23H29N5O4. The van der Waals surface area contributed by atoms with Gasteiger partial charge in [-0.2, -0.15) is 0 Å². The van der Waals surface area contributed by atoms with Gasteiger partial charge in [0.25, 0.3) is 0 Å². The first-order valence-electron chi connectivity index (χ1n) is 11.1. The quantitative estimate of drug-likeness (QED) is 0.679. The summed E-state index contributed by atoms with van der Waals surface area (Å²) in [6, 6.07) is 7.40. The average molecular weight is 440 g/mol. The van der Waals surface area contributed by atoms with Crippen molar-refractivity contribution in [2.24, 2.45) is 0 Å². The van der Waals surface area contributed by atoms with Crippen LogP contribution in [0.5, 0.6) is 11.6 Å². The molecule has 1 N–H and O–H groups in total. The summed E-state index contributed by atoms with van der Waals surface area (Å²) >= 11 is 0. The molecule has 170 valence electrons. The van der Waals surface area contributed by atoms with Gasteiger partial charge < -0.3 is 19.7 Å². The van der Waals surface area contributed by atoms with E-state index in [1.54, 1.807) is 28.4 Å². The van der Waals surface area contributed by atoms with Gasteiger partial charge in [0, 0.05) is 37.2 Å². The van der Waals surface area contributed by atoms with Crippen LogP contribution in [-0.4, -0.2) is 65.2 Å². The van der Waals surface area contributed by atoms with Crippen LogP contribution in [-0.2, 0) is 4.79 Å². The fourth-order valence-electron chi connectivity index (χ4n) is 4.15. The van der Waals surface area contributed by atoms with Gasteiger partial charge in [-0.15, -0.1) is 0 Å². The summed E-state index contributed by atoms with van der Waals surface area (Å²) in [5.41, 5.74) is 0.808. The molecule has 2 heterocycles. The van der Waals surface area contributed by atoms with Crippen LogP contribution in [0, 0.1) is 0 Å². The number of aromatic nitrogens is 2. The van der Waals surface area contributed by atoms with Gasteiger partial charge in [0.2, 0.25) is 11.8 Å². The number of nitrogens with one attached hydrogen (secondary N) is 1. The van der Waals surface area contributed by atoms with Crippen molar-refractivity contribution in [2.45, 2.75) is 44.8 Å². The lowest BCUT2D eigenvalue weighted by Crippen LogP contribution is -2.45. The highest BCUT2D eigenvalue weighted by Gasteiger charge is 2.32. The van der Waals surface area contributed by atoms with Crippen LogP contribution in [0.1, 0.15) is 32.6 Å². The maximum absolute atomic E-state index is 12.8. The molecule has 1 saturated heterocycles. The van der Waals surface area contributed by atoms with Gasteiger partial charge in [0.05, 0.1) is 12.8 Å². The zero-order valence-corrected chi connectivity index (χ0v) is 18.3. The van der Waals surface area contributed by atoms with Crippen LogP contribution in [0.3, 0.4) is 0 Å². The number of rotatable bonds is 8. The van der Waals surface area contributed by atoms with E-state index in [1.807, 2.05) is 31.2 Å². The van der Waals surface area contributed by atoms with E-state index in [-0.39, 0.29) is 30.6 Å². The van der Waals surface area contributed by atoms with Gasteiger partial charge >= 0.3 is 6.03 Å². The molecule has 0 radical (unpaired) electrons. The highest BCUT2D eigenvalue weighted by Crippen LogP contribution is 2.24. The number of hydrogen-bond donors (Lipinski definition) is 1. The molecule has 1 aliphatic heterocycles. The SMILES string of the molecule is CCOc1ccc(N2CCN(CC(=O)NC3CCC(Oc4cnccn4)CC3)C2=O)cc1. The first kappa shape index (κ1) is 21.9. The summed E-state index contributed by atoms with van der Waals surface area (Å²) in [4.78, 5) is 36.8. The summed E-state index contributed by atoms with van der Waals surface area (Å²) < 4.78 is 11.3. The highest BCUT2D eigenvalue weighted by molar-refractivity contribution is 5.96. The molecule has 0 bridgehead atoms. The average Bonchev–Trinajstić information content (AvgIpc) is 3.16. The Bertz CT molecular complexity index is 900. The molecule has 3 amide bonds. The Morgan fingerprint density at radius 1 is 1.12 bits per heavy atom. The molecule has 1 aromatic carbocycles. The van der Waals surface area contributed by atoms with Crippen molar-refractivity contribution >= 4 is 17.6 Å². The number of amides is 3. The number of urea groups is 1. The van der Waals surface area contributed by atoms with E-state index in [9.17, 15) is 9.59 Å². The van der Waals surface area contributed by atoms with E-state index in [0.29, 0.717) is 25.6 Å². The van der Waals surface area contributed by atoms with E-state index >= 15 is 0 Å². The lowest BCUT2D eigenvalue weighted by molar-refractivity contribution is -0.122. The van der Waals surface area contributed by atoms with Crippen molar-refractivity contribution in [3.63, 3.8) is 0 Å². The number of hydrogen-bond acceptors (Lipinski definition) is 6. The highest BCUT2D eigenvalue weighted by atomic mass is 16.5. The lowest BCUT2D eigenvalue weighted by Gasteiger charge is -2.29. The second kappa shape index (κ2) is 10.3. The molecule has 0 atom stereocenters. The fraction of sp³-hybridized carbons (Fsp3) is 0.478. The smallest absolute Gasteiger partial charge is 0.325 e. The van der Waals surface area contributed by atoms with Crippen molar-refractivity contribution in [2.75, 3.05) is 31.1 Å². The largest absolute Gasteiger partial charge is 0.494 e. The molecule has 1 aliphatic carbocycles. The van der Waals surface area contributed by atoms with Gasteiger partial charge in [-0.1, -0.05) is 0 Å². The second-order valence-corrected chi connectivity index (χ2v) is 7.99. The van der Waals surface area contributed by atoms with E-state index in [2.05, 4.69) is 15.3 Å². The predicted octanol–water partition coefficient (Wildman–Crippen LogP) is 2.62. The minimum absolute atomic E-state index is 0.0718. The summed E-state index contributed by atoms with van der Waals surface area (Å²) in [6.45, 7) is 3.69. The van der Waals surface area contributed by atoms with Crippen molar-refractivity contribution in [1.82, 2.24) is 20.2 Å². The van der Waals surface area contributed by atoms with Gasteiger partial charge in [-0.3, -0.25) is 14.7 Å². The van der Waals surface area contributed by atoms with E-state index in [4.69, 9.17) is 9.47 Å². The minimum atomic E-state index is -0.148. The molecule has 4 rings (SSSR count). The molecule has 2 fully saturated rings. The fourth-order valence-corrected chi connectivity index (χ4v) is 4.15. The number of benzene rings is 1. The van der Waals surface area contributed by atoms with E-state index in [1.165, 1.54) is 0 Å². The van der Waals surface area contributed by atoms with Crippen LogP contribution in [0.2, 0.25) is 0 Å². The molecule has 1 aromatic heterocycles. The summed E-state index contributed by atoms with van der Waals surface area (Å²) in [7, 11) is 0. The second-order valence-electron chi connectivity index (χ2n) is 7.99. The summed E-state index contributed by atoms with van der Waals surface area (Å²) in [5.74, 6) is 1.19. The Hall–Kier alpha value is -3.36. The van der Waals surface area contributed by atoms with Gasteiger partial charge in [0.1, 0.15) is 18.4 Å². The Morgan fingerprint density at radius 2 is 1.91 bits per heavy atom. The Morgan fingerprint density at radius 3 is 2.59 bits per heavy atom. The van der Waals surface area contributed by atoms with E-state index in [0.717, 1.165) is 37.1 Å². The third kappa shape index (κ3) is 5.46. The van der Waals surface area contributed by atoms with Crippen molar-refractivity contribution in [1.29, 1.82) is 0 Å². The van der Waals surface area contributed by atoms with Crippen LogP contribution < -0.4 is 19.7 Å². The van der Waals surface area contributed by atoms with Crippen LogP contribution in [0.15, 0.2) is 42.9 Å². The first-order chi connectivity index (χ1) is 15.6. The standard InChI is InChI=1S/C23H29N5O4/c1-2-31-19-9-5-18(6-10-19)28-14-13-27(23(28)30)16-21(29)26-17-3-7-20(8-4-17)32-22-15-24-11-12-25-22/h5-6,9-12,15,17,20H,2-4,7-8,13-14,16H2,1H3,(H,26,29). The number of ether oxygens (including phenoxy) is 2. The molecule has 0 spiro atoms. The molecule has 32 heavy (non-hydrogen) atoms. The summed E-state index contributed by atoms with van der Waals surface area (Å²) in [5, 5.41) is 3.08. The lowest BCUT2D eigenvalue weighted by atomic mass is 9.93. The third-order valence-corrected chi connectivity index (χ3v) is 5.76. The molecule has 2 aliphatic rings. The Balaban J connectivity index is 1.21. The molecule has 0 unspecified atom stereocenters. The van der Waals surface area contributed by atoms with Gasteiger partial charge in [-0.05, 0) is 56.9 Å². The predicted molar refractivity (Wildman–Crippen MR) is 119 cm³/mol. The number of carbonyl (C=O) groups is 2.